The van der Waals surface area contributed by atoms with E-state index in [1.165, 1.54) is 25.0 Å². The predicted molar refractivity (Wildman–Crippen MR) is 355 cm³/mol. The fraction of sp³-hybridized carbons (Fsp3) is 0.459. The van der Waals surface area contributed by atoms with Gasteiger partial charge in [0.2, 0.25) is 0 Å². The Bertz CT molecular complexity index is 2620. The van der Waals surface area contributed by atoms with Crippen LogP contribution in [0.15, 0.2) is 119 Å². The third kappa shape index (κ3) is 34.9. The number of aryl methyl sites for hydroxylation is 6. The van der Waals surface area contributed by atoms with Gasteiger partial charge in [0.25, 0.3) is 0 Å². The number of benzene rings is 6. The molecule has 0 unspecified atom stereocenters. The molecule has 0 radical (unpaired) electrons. The molecule has 6 aromatic carbocycles. The second-order valence-electron chi connectivity index (χ2n) is 27.5. The van der Waals surface area contributed by atoms with E-state index in [2.05, 4.69) is 131 Å². The van der Waals surface area contributed by atoms with E-state index in [1.54, 1.807) is 0 Å². The van der Waals surface area contributed by atoms with E-state index >= 15 is 0 Å². The van der Waals surface area contributed by atoms with Crippen LogP contribution >= 0.6 is 0 Å². The standard InChI is InChI=1S/2C23H32O2.2C7H8.2C6H13NO.2CH3.2Al.Sm/c2*1-14-9-16(20(24)18(11-14)22(3,4)5)13-17-10-15(2)12-19(21(17)25)23(6,7)8;2*1-7-5-3-2-4-6-7;2*1-5(8)7-6(2,3)4;;;;;/h2*9-12,24-25H,13H2,1-8H3;2*2-6H,1H3;2*1-4H3,(H,7,8);2*1H3;;;/q;;;;;;2*-1;2*+3;/p-6. The van der Waals surface area contributed by atoms with Gasteiger partial charge in [0, 0.05) is 40.4 Å². The summed E-state index contributed by atoms with van der Waals surface area (Å²) >= 11 is 0. The Morgan fingerprint density at radius 1 is 0.329 bits per heavy atom. The van der Waals surface area contributed by atoms with Crippen molar-refractivity contribution in [3.8, 4) is 23.0 Å². The van der Waals surface area contributed by atoms with Crippen LogP contribution in [0.1, 0.15) is 216 Å². The number of rotatable bonds is 4. The minimum atomic E-state index is -0.207. The second-order valence-corrected chi connectivity index (χ2v) is 27.5. The fourth-order valence-electron chi connectivity index (χ4n) is 8.57. The van der Waals surface area contributed by atoms with Gasteiger partial charge in [-0.15, -0.1) is 23.0 Å². The summed E-state index contributed by atoms with van der Waals surface area (Å²) in [6, 6.07) is 36.1. The summed E-state index contributed by atoms with van der Waals surface area (Å²) in [4.78, 5) is 7.54. The molecule has 0 aliphatic carbocycles. The Hall–Kier alpha value is -4.14. The van der Waals surface area contributed by atoms with Crippen LogP contribution in [-0.4, -0.2) is 57.6 Å². The van der Waals surface area contributed by atoms with Gasteiger partial charge in [-0.3, -0.25) is 0 Å². The maximum atomic E-state index is 12.9. The Balaban J connectivity index is -0.000000327. The molecule has 0 aliphatic rings. The first-order valence-electron chi connectivity index (χ1n) is 28.0. The molecule has 0 aromatic heterocycles. The molecule has 462 valence electrons. The summed E-state index contributed by atoms with van der Waals surface area (Å²) < 4.78 is 0. The van der Waals surface area contributed by atoms with E-state index in [4.69, 9.17) is 0 Å². The van der Waals surface area contributed by atoms with E-state index in [0.717, 1.165) is 44.5 Å². The van der Waals surface area contributed by atoms with Crippen LogP contribution in [0.5, 0.6) is 23.0 Å². The number of aliphatic imine (C=N–C) groups is 2. The zero-order valence-corrected chi connectivity index (χ0v) is 62.6. The van der Waals surface area contributed by atoms with E-state index in [1.807, 2.05) is 154 Å². The van der Waals surface area contributed by atoms with Gasteiger partial charge in [0.15, 0.2) is 0 Å². The molecule has 0 aliphatic heterocycles. The first-order valence-corrected chi connectivity index (χ1v) is 28.0. The molecule has 11 heteroatoms. The van der Waals surface area contributed by atoms with E-state index in [-0.39, 0.29) is 157 Å². The van der Waals surface area contributed by atoms with Crippen molar-refractivity contribution in [1.29, 1.82) is 0 Å². The summed E-state index contributed by atoms with van der Waals surface area (Å²) in [5, 5.41) is 72.4. The predicted octanol–water partition coefficient (Wildman–Crippen LogP) is 14.5. The minimum absolute atomic E-state index is 0. The SMILES string of the molecule is CC([O-])=NC(C)(C)C.CC([O-])=NC(C)(C)C.Cc1cc(Cc2cc(C)cc(C(C)(C)C)c2[O-])c([O-])c(C(C)(C)C)c1.Cc1cc(Cc2cc(C)cc(C(C)(C)C)c2[O-])c([O-])c(C(C)(C)C)c1.Cc1ccccc1.Cc1ccccc1.[Al+3].[Al+3].[CH3-].[CH3-].[Sm]. The van der Waals surface area contributed by atoms with Crippen LogP contribution in [0.4, 0.5) is 0 Å². The van der Waals surface area contributed by atoms with Crippen LogP contribution in [-0.2, 0) is 34.5 Å². The number of nitrogens with zero attached hydrogens (tertiary/aromatic N) is 2. The van der Waals surface area contributed by atoms with Crippen molar-refractivity contribution >= 4 is 46.5 Å². The largest absolute Gasteiger partial charge is 3.00 e. The molecule has 0 saturated heterocycles. The normalized spacial score (nSPS) is 11.5. The molecular weight excluding hydrogens is 1220 g/mol. The van der Waals surface area contributed by atoms with Gasteiger partial charge in [0.1, 0.15) is 0 Å². The van der Waals surface area contributed by atoms with E-state index < -0.39 is 0 Å². The fourth-order valence-corrected chi connectivity index (χ4v) is 8.57. The smallest absolute Gasteiger partial charge is 0.872 e. The molecule has 0 atom stereocenters. The Morgan fingerprint density at radius 3 is 0.612 bits per heavy atom. The van der Waals surface area contributed by atoms with E-state index in [0.29, 0.717) is 35.1 Å². The molecule has 0 heterocycles. The summed E-state index contributed by atoms with van der Waals surface area (Å²) in [5.41, 5.74) is 11.8. The topological polar surface area (TPSA) is 163 Å². The molecule has 6 rings (SSSR count). The molecule has 6 aromatic rings. The van der Waals surface area contributed by atoms with Crippen LogP contribution in [0, 0.1) is 96.8 Å². The summed E-state index contributed by atoms with van der Waals surface area (Å²) in [7, 11) is 0. The van der Waals surface area contributed by atoms with Crippen LogP contribution in [0.3, 0.4) is 0 Å². The molecule has 0 spiro atoms. The summed E-state index contributed by atoms with van der Waals surface area (Å²) in [6.45, 7) is 51.1. The third-order valence-electron chi connectivity index (χ3n) is 12.1. The average molecular weight is 1320 g/mol. The molecule has 0 amide bonds. The Kier molecular flexibility index (Phi) is 40.4. The molecule has 0 N–H and O–H groups in total. The molecular formula is C74H106Al2N2O6Sm-2. The second kappa shape index (κ2) is 38.3. The molecule has 8 nitrogen and oxygen atoms in total. The third-order valence-corrected chi connectivity index (χ3v) is 12.1. The monoisotopic (exact) mass is 1320 g/mol. The first-order chi connectivity index (χ1) is 36.2. The van der Waals surface area contributed by atoms with Gasteiger partial charge in [-0.2, -0.15) is 0 Å². The summed E-state index contributed by atoms with van der Waals surface area (Å²) in [6.07, 6.45) is 0.792. The van der Waals surface area contributed by atoms with Gasteiger partial charge in [-0.25, -0.2) is 0 Å². The first kappa shape index (κ1) is 89.6. The van der Waals surface area contributed by atoms with Crippen molar-refractivity contribution in [2.45, 2.75) is 226 Å². The minimum Gasteiger partial charge on any atom is -0.872 e. The van der Waals surface area contributed by atoms with Gasteiger partial charge < -0.3 is 55.5 Å². The van der Waals surface area contributed by atoms with Crippen molar-refractivity contribution in [3.05, 3.63) is 202 Å². The van der Waals surface area contributed by atoms with Gasteiger partial charge in [-0.05, 0) is 165 Å². The van der Waals surface area contributed by atoms with Crippen LogP contribution < -0.4 is 30.6 Å². The van der Waals surface area contributed by atoms with Crippen molar-refractivity contribution in [3.63, 3.8) is 0 Å². The molecule has 0 saturated carbocycles. The average Bonchev–Trinajstić information content (AvgIpc) is 3.26. The zero-order valence-electron chi connectivity index (χ0n) is 57.7. The van der Waals surface area contributed by atoms with Crippen molar-refractivity contribution < 1.29 is 71.0 Å². The van der Waals surface area contributed by atoms with Crippen molar-refractivity contribution in [2.24, 2.45) is 9.98 Å². The van der Waals surface area contributed by atoms with Crippen LogP contribution in [0.2, 0.25) is 0 Å². The molecule has 85 heavy (non-hydrogen) atoms. The molecule has 0 bridgehead atoms. The number of hydrogen-bond donors (Lipinski definition) is 0. The van der Waals surface area contributed by atoms with E-state index in [9.17, 15) is 30.6 Å². The Morgan fingerprint density at radius 2 is 0.506 bits per heavy atom. The quantitative estimate of drug-likeness (QED) is 0.0738. The maximum absolute atomic E-state index is 12.9. The van der Waals surface area contributed by atoms with Crippen molar-refractivity contribution in [2.75, 3.05) is 0 Å². The van der Waals surface area contributed by atoms with Crippen molar-refractivity contribution in [1.82, 2.24) is 0 Å². The Labute approximate surface area is 573 Å². The van der Waals surface area contributed by atoms with Gasteiger partial charge in [-0.1, -0.05) is 248 Å². The number of hydrogen-bond acceptors (Lipinski definition) is 8. The van der Waals surface area contributed by atoms with Crippen LogP contribution in [0.25, 0.3) is 0 Å². The maximum Gasteiger partial charge on any atom is 3.00 e. The summed E-state index contributed by atoms with van der Waals surface area (Å²) in [5.74, 6) is 0.0651. The molecule has 0 fully saturated rings. The zero-order chi connectivity index (χ0) is 62.1. The van der Waals surface area contributed by atoms with Gasteiger partial charge >= 0.3 is 34.7 Å². The van der Waals surface area contributed by atoms with Gasteiger partial charge in [0.05, 0.1) is 11.1 Å².